The van der Waals surface area contributed by atoms with Gasteiger partial charge in [0.2, 0.25) is 5.91 Å². The van der Waals surface area contributed by atoms with Crippen LogP contribution in [0.4, 0.5) is 5.82 Å². The summed E-state index contributed by atoms with van der Waals surface area (Å²) < 4.78 is 1.61. The Morgan fingerprint density at radius 1 is 1.21 bits per heavy atom. The molecule has 7 nitrogen and oxygen atoms in total. The number of thiophene rings is 1. The Bertz CT molecular complexity index is 1160. The van der Waals surface area contributed by atoms with Gasteiger partial charge in [-0.2, -0.15) is 0 Å². The molecule has 3 aromatic rings. The molecule has 180 valence electrons. The van der Waals surface area contributed by atoms with Gasteiger partial charge in [0, 0.05) is 41.3 Å². The maximum Gasteiger partial charge on any atom is 0.294 e. The summed E-state index contributed by atoms with van der Waals surface area (Å²) >= 11 is 1.74. The van der Waals surface area contributed by atoms with Gasteiger partial charge in [-0.3, -0.25) is 14.2 Å². The number of hydrogen-bond donors (Lipinski definition) is 3. The molecule has 2 aromatic heterocycles. The van der Waals surface area contributed by atoms with E-state index in [1.54, 1.807) is 22.1 Å². The van der Waals surface area contributed by atoms with E-state index in [1.807, 2.05) is 30.3 Å². The molecule has 34 heavy (non-hydrogen) atoms. The predicted octanol–water partition coefficient (Wildman–Crippen LogP) is 3.99. The third-order valence-electron chi connectivity index (χ3n) is 5.65. The van der Waals surface area contributed by atoms with Gasteiger partial charge in [0.1, 0.15) is 6.04 Å². The molecule has 0 spiro atoms. The molecule has 1 atom stereocenters. The largest absolute Gasteiger partial charge is 0.361 e. The number of nitrogens with zero attached hydrogens (tertiary/aromatic N) is 2. The van der Waals surface area contributed by atoms with Crippen LogP contribution in [0.3, 0.4) is 0 Å². The number of carbonyl (C=O) groups is 1. The molecule has 0 fully saturated rings. The van der Waals surface area contributed by atoms with Crippen molar-refractivity contribution in [1.82, 2.24) is 20.2 Å². The van der Waals surface area contributed by atoms with E-state index in [9.17, 15) is 9.59 Å². The Morgan fingerprint density at radius 2 is 1.97 bits per heavy atom. The number of nitrogens with one attached hydrogen (secondary N) is 3. The molecule has 1 unspecified atom stereocenters. The van der Waals surface area contributed by atoms with Crippen molar-refractivity contribution in [2.45, 2.75) is 65.8 Å². The van der Waals surface area contributed by atoms with E-state index in [0.29, 0.717) is 25.9 Å². The van der Waals surface area contributed by atoms with Gasteiger partial charge in [-0.1, -0.05) is 51.1 Å². The highest BCUT2D eigenvalue weighted by Crippen LogP contribution is 2.27. The summed E-state index contributed by atoms with van der Waals surface area (Å²) in [6.45, 7) is 9.32. The summed E-state index contributed by atoms with van der Waals surface area (Å²) in [6, 6.07) is 11.5. The molecule has 1 amide bonds. The normalized spacial score (nSPS) is 15.9. The molecular formula is C26H33N5O2S. The average Bonchev–Trinajstić information content (AvgIpc) is 3.52. The first-order valence-corrected chi connectivity index (χ1v) is 12.7. The number of aromatic nitrogens is 2. The van der Waals surface area contributed by atoms with Gasteiger partial charge in [0.15, 0.2) is 5.82 Å². The van der Waals surface area contributed by atoms with E-state index in [4.69, 9.17) is 0 Å². The molecule has 0 saturated carbocycles. The molecule has 0 bridgehead atoms. The Morgan fingerprint density at radius 3 is 2.71 bits per heavy atom. The summed E-state index contributed by atoms with van der Waals surface area (Å²) in [7, 11) is 0. The first-order valence-electron chi connectivity index (χ1n) is 11.9. The van der Waals surface area contributed by atoms with Gasteiger partial charge < -0.3 is 16.0 Å². The lowest BCUT2D eigenvalue weighted by molar-refractivity contribution is -0.124. The first-order chi connectivity index (χ1) is 16.4. The van der Waals surface area contributed by atoms with Gasteiger partial charge in [-0.05, 0) is 36.0 Å². The minimum Gasteiger partial charge on any atom is -0.361 e. The minimum atomic E-state index is -0.485. The van der Waals surface area contributed by atoms with Crippen molar-refractivity contribution in [2.75, 3.05) is 5.32 Å². The highest BCUT2D eigenvalue weighted by atomic mass is 32.1. The smallest absolute Gasteiger partial charge is 0.294 e. The van der Waals surface area contributed by atoms with E-state index in [2.05, 4.69) is 47.8 Å². The second-order valence-electron chi connectivity index (χ2n) is 9.38. The third-order valence-corrected chi connectivity index (χ3v) is 6.83. The van der Waals surface area contributed by atoms with Gasteiger partial charge in [0.25, 0.3) is 5.56 Å². The van der Waals surface area contributed by atoms with E-state index in [-0.39, 0.29) is 17.3 Å². The van der Waals surface area contributed by atoms with Crippen molar-refractivity contribution in [3.8, 4) is 0 Å². The number of amides is 1. The van der Waals surface area contributed by atoms with Gasteiger partial charge in [-0.15, -0.1) is 11.3 Å². The molecule has 2 aliphatic heterocycles. The molecule has 8 heteroatoms. The summed E-state index contributed by atoms with van der Waals surface area (Å²) in [4.78, 5) is 32.7. The lowest BCUT2D eigenvalue weighted by Crippen LogP contribution is -2.36. The van der Waals surface area contributed by atoms with E-state index in [1.165, 1.54) is 10.4 Å². The van der Waals surface area contributed by atoms with Crippen LogP contribution in [0.25, 0.3) is 0 Å². The first kappa shape index (κ1) is 24.2. The topological polar surface area (TPSA) is 88.1 Å². The molecule has 0 aliphatic carbocycles. The van der Waals surface area contributed by atoms with Crippen LogP contribution in [0.2, 0.25) is 0 Å². The van der Waals surface area contributed by atoms with Crippen molar-refractivity contribution in [2.24, 2.45) is 5.92 Å². The number of hydrogen-bond acceptors (Lipinski definition) is 6. The Balaban J connectivity index is 0.000000636. The van der Waals surface area contributed by atoms with Crippen LogP contribution >= 0.6 is 11.3 Å². The molecular weight excluding hydrogens is 446 g/mol. The fourth-order valence-corrected chi connectivity index (χ4v) is 5.21. The van der Waals surface area contributed by atoms with Crippen molar-refractivity contribution in [1.29, 1.82) is 0 Å². The van der Waals surface area contributed by atoms with Gasteiger partial charge in [-0.25, -0.2) is 4.98 Å². The van der Waals surface area contributed by atoms with Crippen LogP contribution in [-0.4, -0.2) is 15.5 Å². The summed E-state index contributed by atoms with van der Waals surface area (Å²) in [6.07, 6.45) is 3.01. The summed E-state index contributed by atoms with van der Waals surface area (Å²) in [5, 5.41) is 9.46. The maximum atomic E-state index is 13.0. The number of fused-ring (bicyclic) bond motifs is 2. The third kappa shape index (κ3) is 5.74. The Labute approximate surface area is 204 Å². The lowest BCUT2D eigenvalue weighted by Gasteiger charge is -2.15. The fraction of sp³-hybridized carbons (Fsp3) is 0.423. The fourth-order valence-electron chi connectivity index (χ4n) is 4.11. The van der Waals surface area contributed by atoms with Gasteiger partial charge >= 0.3 is 0 Å². The van der Waals surface area contributed by atoms with Crippen LogP contribution in [0, 0.1) is 5.92 Å². The quantitative estimate of drug-likeness (QED) is 0.498. The zero-order valence-corrected chi connectivity index (χ0v) is 20.9. The average molecular weight is 480 g/mol. The molecule has 2 aliphatic rings. The molecule has 4 heterocycles. The molecule has 0 saturated heterocycles. The minimum absolute atomic E-state index is 0.109. The van der Waals surface area contributed by atoms with E-state index < -0.39 is 6.04 Å². The molecule has 1 aromatic carbocycles. The molecule has 5 rings (SSSR count). The van der Waals surface area contributed by atoms with Crippen LogP contribution in [0.5, 0.6) is 0 Å². The van der Waals surface area contributed by atoms with Crippen molar-refractivity contribution in [3.05, 3.63) is 79.5 Å². The zero-order valence-electron chi connectivity index (χ0n) is 20.1. The van der Waals surface area contributed by atoms with Crippen molar-refractivity contribution in [3.63, 3.8) is 0 Å². The highest BCUT2D eigenvalue weighted by Gasteiger charge is 2.30. The van der Waals surface area contributed by atoms with Crippen LogP contribution in [0.15, 0.2) is 47.4 Å². The SMILES string of the molecule is CC(C)C.O=C(NCc1cc2c(s1)CNC2)C1CCc2cnc(NCc3ccccc3)c(=O)n21. The predicted molar refractivity (Wildman–Crippen MR) is 137 cm³/mol. The van der Waals surface area contributed by atoms with Crippen molar-refractivity contribution >= 4 is 23.1 Å². The van der Waals surface area contributed by atoms with Gasteiger partial charge in [0.05, 0.1) is 6.54 Å². The van der Waals surface area contributed by atoms with E-state index in [0.717, 1.165) is 35.1 Å². The number of anilines is 1. The monoisotopic (exact) mass is 479 g/mol. The standard InChI is InChI=1S/C22H23N5O2S.C4H10/c28-21(26-12-17-8-15-10-23-13-19(15)30-17)18-7-6-16-11-25-20(22(29)27(16)18)24-9-14-4-2-1-3-5-14;1-4(2)3/h1-5,8,11,18,23H,6-7,9-10,12-13H2,(H,24,25)(H,26,28);4H,1-3H3. The van der Waals surface area contributed by atoms with Crippen molar-refractivity contribution < 1.29 is 4.79 Å². The second kappa shape index (κ2) is 11.0. The number of benzene rings is 1. The second-order valence-corrected chi connectivity index (χ2v) is 10.6. The summed E-state index contributed by atoms with van der Waals surface area (Å²) in [5.74, 6) is 1.01. The number of carbonyl (C=O) groups excluding carboxylic acids is 1. The number of rotatable bonds is 6. The molecule has 3 N–H and O–H groups in total. The van der Waals surface area contributed by atoms with E-state index >= 15 is 0 Å². The maximum absolute atomic E-state index is 13.0. The highest BCUT2D eigenvalue weighted by molar-refractivity contribution is 7.12. The Hall–Kier alpha value is -2.97. The van der Waals surface area contributed by atoms with Crippen LogP contribution in [0.1, 0.15) is 59.8 Å². The van der Waals surface area contributed by atoms with Crippen LogP contribution < -0.4 is 21.5 Å². The zero-order chi connectivity index (χ0) is 24.1. The molecule has 0 radical (unpaired) electrons. The summed E-state index contributed by atoms with van der Waals surface area (Å²) in [5.41, 5.74) is 2.97. The van der Waals surface area contributed by atoms with Crippen LogP contribution in [-0.2, 0) is 37.4 Å². The Kier molecular flexibility index (Phi) is 7.80. The lowest BCUT2D eigenvalue weighted by atomic mass is 10.2. The number of aryl methyl sites for hydroxylation is 1.